The second kappa shape index (κ2) is 8.39. The quantitative estimate of drug-likeness (QED) is 0.692. The van der Waals surface area contributed by atoms with E-state index >= 15 is 0 Å². The van der Waals surface area contributed by atoms with Gasteiger partial charge >= 0.3 is 0 Å². The molecular weight excluding hydrogens is 338 g/mol. The SMILES string of the molecule is CCNC(=S)Nc1ccc(-c2nnc(NC3CCCCC3)s2)cc1. The van der Waals surface area contributed by atoms with Gasteiger partial charge in [0.2, 0.25) is 5.13 Å². The Morgan fingerprint density at radius 3 is 2.62 bits per heavy atom. The van der Waals surface area contributed by atoms with Gasteiger partial charge in [-0.05, 0) is 56.2 Å². The Kier molecular flexibility index (Phi) is 5.98. The number of benzene rings is 1. The van der Waals surface area contributed by atoms with Crippen LogP contribution in [0.15, 0.2) is 24.3 Å². The minimum absolute atomic E-state index is 0.554. The third-order valence-corrected chi connectivity index (χ3v) is 5.23. The van der Waals surface area contributed by atoms with Crippen LogP contribution in [0.4, 0.5) is 10.8 Å². The first-order chi connectivity index (χ1) is 11.7. The van der Waals surface area contributed by atoms with Crippen molar-refractivity contribution >= 4 is 39.5 Å². The molecule has 1 saturated carbocycles. The van der Waals surface area contributed by atoms with E-state index in [-0.39, 0.29) is 0 Å². The molecule has 0 spiro atoms. The summed E-state index contributed by atoms with van der Waals surface area (Å²) in [4.78, 5) is 0. The van der Waals surface area contributed by atoms with Crippen molar-refractivity contribution in [2.75, 3.05) is 17.2 Å². The fourth-order valence-corrected chi connectivity index (χ4v) is 3.94. The minimum Gasteiger partial charge on any atom is -0.363 e. The van der Waals surface area contributed by atoms with Gasteiger partial charge in [0.25, 0.3) is 0 Å². The van der Waals surface area contributed by atoms with E-state index < -0.39 is 0 Å². The Hall–Kier alpha value is -1.73. The lowest BCUT2D eigenvalue weighted by Gasteiger charge is -2.21. The number of nitrogens with zero attached hydrogens (tertiary/aromatic N) is 2. The lowest BCUT2D eigenvalue weighted by atomic mass is 9.96. The average molecular weight is 362 g/mol. The maximum atomic E-state index is 5.19. The van der Waals surface area contributed by atoms with Crippen molar-refractivity contribution in [2.24, 2.45) is 0 Å². The number of hydrogen-bond acceptors (Lipinski definition) is 5. The van der Waals surface area contributed by atoms with Gasteiger partial charge in [0.1, 0.15) is 5.01 Å². The highest BCUT2D eigenvalue weighted by molar-refractivity contribution is 7.80. The molecule has 5 nitrogen and oxygen atoms in total. The maximum absolute atomic E-state index is 5.19. The summed E-state index contributed by atoms with van der Waals surface area (Å²) in [6.45, 7) is 2.83. The van der Waals surface area contributed by atoms with Crippen molar-refractivity contribution in [3.63, 3.8) is 0 Å². The van der Waals surface area contributed by atoms with E-state index in [2.05, 4.69) is 26.1 Å². The molecule has 2 aromatic rings. The van der Waals surface area contributed by atoms with Crippen LogP contribution >= 0.6 is 23.6 Å². The second-order valence-corrected chi connectivity index (χ2v) is 7.34. The van der Waals surface area contributed by atoms with Crippen LogP contribution < -0.4 is 16.0 Å². The summed E-state index contributed by atoms with van der Waals surface area (Å²) in [6.07, 6.45) is 6.46. The normalized spacial score (nSPS) is 15.0. The first-order valence-corrected chi connectivity index (χ1v) is 9.72. The largest absolute Gasteiger partial charge is 0.363 e. The fraction of sp³-hybridized carbons (Fsp3) is 0.471. The summed E-state index contributed by atoms with van der Waals surface area (Å²) in [5.74, 6) is 0. The van der Waals surface area contributed by atoms with Crippen LogP contribution in [-0.2, 0) is 0 Å². The van der Waals surface area contributed by atoms with Crippen LogP contribution in [0, 0.1) is 0 Å². The summed E-state index contributed by atoms with van der Waals surface area (Å²) in [7, 11) is 0. The number of hydrogen-bond donors (Lipinski definition) is 3. The number of aromatic nitrogens is 2. The minimum atomic E-state index is 0.554. The highest BCUT2D eigenvalue weighted by Gasteiger charge is 2.15. The maximum Gasteiger partial charge on any atom is 0.206 e. The molecule has 1 aliphatic rings. The van der Waals surface area contributed by atoms with Gasteiger partial charge in [-0.1, -0.05) is 30.6 Å². The summed E-state index contributed by atoms with van der Waals surface area (Å²) in [5.41, 5.74) is 2.04. The monoisotopic (exact) mass is 361 g/mol. The molecular formula is C17H23N5S2. The lowest BCUT2D eigenvalue weighted by molar-refractivity contribution is 0.462. The Morgan fingerprint density at radius 1 is 1.17 bits per heavy atom. The molecule has 0 unspecified atom stereocenters. The van der Waals surface area contributed by atoms with Gasteiger partial charge < -0.3 is 16.0 Å². The Balaban J connectivity index is 1.61. The van der Waals surface area contributed by atoms with Gasteiger partial charge in [0, 0.05) is 23.8 Å². The van der Waals surface area contributed by atoms with E-state index in [0.29, 0.717) is 11.2 Å². The average Bonchev–Trinajstić information content (AvgIpc) is 3.05. The second-order valence-electron chi connectivity index (χ2n) is 5.95. The van der Waals surface area contributed by atoms with Crippen LogP contribution in [0.3, 0.4) is 0 Å². The van der Waals surface area contributed by atoms with Crippen molar-refractivity contribution in [1.82, 2.24) is 15.5 Å². The standard InChI is InChI=1S/C17H23N5S2/c1-2-18-16(23)19-14-10-8-12(9-11-14)15-21-22-17(24-15)20-13-6-4-3-5-7-13/h8-11,13H,2-7H2,1H3,(H,20,22)(H2,18,19,23). The zero-order chi connectivity index (χ0) is 16.8. The first-order valence-electron chi connectivity index (χ1n) is 8.50. The van der Waals surface area contributed by atoms with Crippen LogP contribution in [0.5, 0.6) is 0 Å². The molecule has 24 heavy (non-hydrogen) atoms. The predicted octanol–water partition coefficient (Wildman–Crippen LogP) is 4.26. The van der Waals surface area contributed by atoms with E-state index in [0.717, 1.165) is 27.9 Å². The molecule has 7 heteroatoms. The van der Waals surface area contributed by atoms with E-state index in [4.69, 9.17) is 12.2 Å². The van der Waals surface area contributed by atoms with Gasteiger partial charge in [-0.3, -0.25) is 0 Å². The molecule has 0 saturated heterocycles. The van der Waals surface area contributed by atoms with E-state index in [1.54, 1.807) is 11.3 Å². The molecule has 1 heterocycles. The number of anilines is 2. The van der Waals surface area contributed by atoms with Crippen molar-refractivity contribution < 1.29 is 0 Å². The van der Waals surface area contributed by atoms with Crippen LogP contribution in [-0.4, -0.2) is 27.9 Å². The molecule has 1 aliphatic carbocycles. The van der Waals surface area contributed by atoms with E-state index in [1.165, 1.54) is 32.1 Å². The Labute approximate surface area is 152 Å². The number of rotatable bonds is 5. The van der Waals surface area contributed by atoms with Gasteiger partial charge in [-0.2, -0.15) is 0 Å². The van der Waals surface area contributed by atoms with E-state index in [1.807, 2.05) is 31.2 Å². The topological polar surface area (TPSA) is 61.9 Å². The molecule has 128 valence electrons. The molecule has 1 fully saturated rings. The Morgan fingerprint density at radius 2 is 1.92 bits per heavy atom. The third-order valence-electron chi connectivity index (χ3n) is 4.08. The van der Waals surface area contributed by atoms with E-state index in [9.17, 15) is 0 Å². The highest BCUT2D eigenvalue weighted by Crippen LogP contribution is 2.29. The van der Waals surface area contributed by atoms with Gasteiger partial charge in [0.05, 0.1) is 0 Å². The molecule has 0 aliphatic heterocycles. The molecule has 1 aromatic carbocycles. The summed E-state index contributed by atoms with van der Waals surface area (Å²) >= 11 is 6.81. The molecule has 0 atom stereocenters. The van der Waals surface area contributed by atoms with Crippen LogP contribution in [0.25, 0.3) is 10.6 Å². The summed E-state index contributed by atoms with van der Waals surface area (Å²) in [6, 6.07) is 8.66. The van der Waals surface area contributed by atoms with Crippen molar-refractivity contribution in [3.8, 4) is 10.6 Å². The fourth-order valence-electron chi connectivity index (χ4n) is 2.85. The zero-order valence-electron chi connectivity index (χ0n) is 13.8. The number of thiocarbonyl (C=S) groups is 1. The smallest absolute Gasteiger partial charge is 0.206 e. The molecule has 0 amide bonds. The van der Waals surface area contributed by atoms with Crippen LogP contribution in [0.2, 0.25) is 0 Å². The van der Waals surface area contributed by atoms with Gasteiger partial charge in [-0.25, -0.2) is 0 Å². The van der Waals surface area contributed by atoms with Crippen molar-refractivity contribution in [1.29, 1.82) is 0 Å². The first kappa shape index (κ1) is 17.1. The third kappa shape index (κ3) is 4.64. The van der Waals surface area contributed by atoms with Crippen molar-refractivity contribution in [2.45, 2.75) is 45.1 Å². The summed E-state index contributed by atoms with van der Waals surface area (Å²) < 4.78 is 0. The lowest BCUT2D eigenvalue weighted by Crippen LogP contribution is -2.27. The molecule has 0 bridgehead atoms. The predicted molar refractivity (Wildman–Crippen MR) is 106 cm³/mol. The van der Waals surface area contributed by atoms with Crippen molar-refractivity contribution in [3.05, 3.63) is 24.3 Å². The highest BCUT2D eigenvalue weighted by atomic mass is 32.1. The molecule has 0 radical (unpaired) electrons. The Bertz CT molecular complexity index is 662. The van der Waals surface area contributed by atoms with Gasteiger partial charge in [-0.15, -0.1) is 10.2 Å². The van der Waals surface area contributed by atoms with Gasteiger partial charge in [0.15, 0.2) is 5.11 Å². The molecule has 1 aromatic heterocycles. The molecule has 3 N–H and O–H groups in total. The number of nitrogens with one attached hydrogen (secondary N) is 3. The van der Waals surface area contributed by atoms with Crippen LogP contribution in [0.1, 0.15) is 39.0 Å². The molecule has 3 rings (SSSR count). The summed E-state index contributed by atoms with van der Waals surface area (Å²) in [5, 5.41) is 20.9. The zero-order valence-corrected chi connectivity index (χ0v) is 15.5.